The van der Waals surface area contributed by atoms with Gasteiger partial charge in [-0.3, -0.25) is 9.78 Å². The third kappa shape index (κ3) is 4.59. The van der Waals surface area contributed by atoms with Crippen LogP contribution >= 0.6 is 0 Å². The Labute approximate surface area is 171 Å². The maximum atomic E-state index is 12.8. The molecule has 1 aromatic carbocycles. The number of amides is 1. The van der Waals surface area contributed by atoms with E-state index >= 15 is 0 Å². The Morgan fingerprint density at radius 2 is 1.79 bits per heavy atom. The molecule has 1 fully saturated rings. The molecule has 1 amide bonds. The summed E-state index contributed by atoms with van der Waals surface area (Å²) in [4.78, 5) is 19.0. The predicted molar refractivity (Wildman–Crippen MR) is 115 cm³/mol. The van der Waals surface area contributed by atoms with Crippen molar-refractivity contribution < 1.29 is 4.79 Å². The summed E-state index contributed by atoms with van der Waals surface area (Å²) in [5, 5.41) is 11.9. The smallest absolute Gasteiger partial charge is 0.229 e. The Balaban J connectivity index is 1.43. The topological polar surface area (TPSA) is 71.0 Å². The number of rotatable bonds is 4. The zero-order chi connectivity index (χ0) is 20.2. The standard InChI is InChI=1S/C23H25N5O/c1-16-12-17(2)14-20(13-16)25-23(29)19-4-3-11-28(15-19)22-6-5-21(26-27-22)18-7-9-24-10-8-18/h5-10,12-14,19H,3-4,11,15H2,1-2H3,(H,25,29). The predicted octanol–water partition coefficient (Wildman–Crippen LogP) is 4.01. The summed E-state index contributed by atoms with van der Waals surface area (Å²) >= 11 is 0. The van der Waals surface area contributed by atoms with Gasteiger partial charge in [0.15, 0.2) is 5.82 Å². The van der Waals surface area contributed by atoms with Gasteiger partial charge in [0.05, 0.1) is 11.6 Å². The van der Waals surface area contributed by atoms with Crippen molar-refractivity contribution >= 4 is 17.4 Å². The summed E-state index contributed by atoms with van der Waals surface area (Å²) in [5.74, 6) is 0.819. The summed E-state index contributed by atoms with van der Waals surface area (Å²) < 4.78 is 0. The Bertz CT molecular complexity index is 968. The Morgan fingerprint density at radius 1 is 1.03 bits per heavy atom. The lowest BCUT2D eigenvalue weighted by Gasteiger charge is -2.32. The molecule has 0 spiro atoms. The fourth-order valence-electron chi connectivity index (χ4n) is 3.86. The molecule has 0 bridgehead atoms. The number of anilines is 2. The molecule has 1 aliphatic rings. The van der Waals surface area contributed by atoms with Crippen LogP contribution in [0.5, 0.6) is 0 Å². The van der Waals surface area contributed by atoms with E-state index in [0.717, 1.165) is 53.3 Å². The fraction of sp³-hybridized carbons (Fsp3) is 0.304. The molecule has 6 nitrogen and oxygen atoms in total. The largest absolute Gasteiger partial charge is 0.354 e. The van der Waals surface area contributed by atoms with Crippen LogP contribution in [0.3, 0.4) is 0 Å². The maximum absolute atomic E-state index is 12.8. The van der Waals surface area contributed by atoms with Gasteiger partial charge < -0.3 is 10.2 Å². The zero-order valence-electron chi connectivity index (χ0n) is 16.8. The molecule has 0 saturated carbocycles. The number of aryl methyl sites for hydroxylation is 2. The molecule has 29 heavy (non-hydrogen) atoms. The highest BCUT2D eigenvalue weighted by Crippen LogP contribution is 2.24. The van der Waals surface area contributed by atoms with Crippen LogP contribution in [0, 0.1) is 19.8 Å². The second kappa shape index (κ2) is 8.39. The molecule has 3 heterocycles. The molecule has 1 saturated heterocycles. The van der Waals surface area contributed by atoms with Crippen molar-refractivity contribution in [1.82, 2.24) is 15.2 Å². The van der Waals surface area contributed by atoms with Crippen LogP contribution in [0.2, 0.25) is 0 Å². The second-order valence-electron chi connectivity index (χ2n) is 7.66. The zero-order valence-corrected chi connectivity index (χ0v) is 16.8. The molecule has 1 atom stereocenters. The Kier molecular flexibility index (Phi) is 5.51. The number of carbonyl (C=O) groups is 1. The summed E-state index contributed by atoms with van der Waals surface area (Å²) in [6.07, 6.45) is 5.33. The van der Waals surface area contributed by atoms with Crippen LogP contribution in [0.1, 0.15) is 24.0 Å². The lowest BCUT2D eigenvalue weighted by atomic mass is 9.97. The number of hydrogen-bond acceptors (Lipinski definition) is 5. The van der Waals surface area contributed by atoms with Crippen LogP contribution < -0.4 is 10.2 Å². The third-order valence-electron chi connectivity index (χ3n) is 5.23. The molecule has 0 aliphatic carbocycles. The van der Waals surface area contributed by atoms with E-state index in [1.54, 1.807) is 12.4 Å². The number of pyridine rings is 1. The first-order valence-electron chi connectivity index (χ1n) is 9.97. The minimum atomic E-state index is -0.0637. The quantitative estimate of drug-likeness (QED) is 0.732. The summed E-state index contributed by atoms with van der Waals surface area (Å²) in [7, 11) is 0. The van der Waals surface area contributed by atoms with Crippen LogP contribution in [0.15, 0.2) is 54.9 Å². The molecular formula is C23H25N5O. The fourth-order valence-corrected chi connectivity index (χ4v) is 3.86. The van der Waals surface area contributed by atoms with E-state index in [2.05, 4.69) is 31.5 Å². The van der Waals surface area contributed by atoms with Crippen molar-refractivity contribution in [3.05, 3.63) is 66.0 Å². The second-order valence-corrected chi connectivity index (χ2v) is 7.66. The van der Waals surface area contributed by atoms with Crippen LogP contribution in [0.25, 0.3) is 11.3 Å². The lowest BCUT2D eigenvalue weighted by Crippen LogP contribution is -2.41. The summed E-state index contributed by atoms with van der Waals surface area (Å²) in [6, 6.07) is 13.9. The molecule has 1 N–H and O–H groups in total. The van der Waals surface area contributed by atoms with E-state index in [4.69, 9.17) is 0 Å². The first-order valence-corrected chi connectivity index (χ1v) is 9.97. The minimum absolute atomic E-state index is 0.0637. The SMILES string of the molecule is Cc1cc(C)cc(NC(=O)C2CCCN(c3ccc(-c4ccncc4)nn3)C2)c1. The molecule has 2 aromatic heterocycles. The van der Waals surface area contributed by atoms with Crippen molar-refractivity contribution in [3.63, 3.8) is 0 Å². The molecular weight excluding hydrogens is 362 g/mol. The third-order valence-corrected chi connectivity index (χ3v) is 5.23. The van der Waals surface area contributed by atoms with Crippen molar-refractivity contribution in [2.24, 2.45) is 5.92 Å². The van der Waals surface area contributed by atoms with Gasteiger partial charge in [-0.25, -0.2) is 0 Å². The van der Waals surface area contributed by atoms with E-state index in [1.165, 1.54) is 0 Å². The molecule has 148 valence electrons. The van der Waals surface area contributed by atoms with E-state index in [9.17, 15) is 4.79 Å². The first-order chi connectivity index (χ1) is 14.1. The van der Waals surface area contributed by atoms with E-state index in [1.807, 2.05) is 50.2 Å². The van der Waals surface area contributed by atoms with Crippen molar-refractivity contribution in [2.45, 2.75) is 26.7 Å². The van der Waals surface area contributed by atoms with E-state index in [0.29, 0.717) is 6.54 Å². The lowest BCUT2D eigenvalue weighted by molar-refractivity contribution is -0.120. The van der Waals surface area contributed by atoms with Crippen LogP contribution in [-0.4, -0.2) is 34.2 Å². The minimum Gasteiger partial charge on any atom is -0.354 e. The average Bonchev–Trinajstić information content (AvgIpc) is 2.74. The Morgan fingerprint density at radius 3 is 2.48 bits per heavy atom. The molecule has 1 unspecified atom stereocenters. The molecule has 3 aromatic rings. The molecule has 6 heteroatoms. The number of nitrogens with one attached hydrogen (secondary N) is 1. The number of piperidine rings is 1. The molecule has 1 aliphatic heterocycles. The van der Waals surface area contributed by atoms with Gasteiger partial charge in [0, 0.05) is 36.7 Å². The highest BCUT2D eigenvalue weighted by molar-refractivity contribution is 5.93. The summed E-state index contributed by atoms with van der Waals surface area (Å²) in [5.41, 5.74) is 4.97. The van der Waals surface area contributed by atoms with E-state index in [-0.39, 0.29) is 11.8 Å². The monoisotopic (exact) mass is 387 g/mol. The van der Waals surface area contributed by atoms with Gasteiger partial charge in [-0.1, -0.05) is 6.07 Å². The average molecular weight is 387 g/mol. The van der Waals surface area contributed by atoms with Crippen molar-refractivity contribution in [2.75, 3.05) is 23.3 Å². The normalized spacial score (nSPS) is 16.5. The molecule has 0 radical (unpaired) electrons. The highest BCUT2D eigenvalue weighted by atomic mass is 16.1. The van der Waals surface area contributed by atoms with Gasteiger partial charge in [-0.2, -0.15) is 0 Å². The number of benzene rings is 1. The first kappa shape index (κ1) is 19.1. The van der Waals surface area contributed by atoms with Crippen LogP contribution in [-0.2, 0) is 4.79 Å². The number of nitrogens with zero attached hydrogens (tertiary/aromatic N) is 4. The number of aromatic nitrogens is 3. The molecule has 4 rings (SSSR count). The Hall–Kier alpha value is -3.28. The highest BCUT2D eigenvalue weighted by Gasteiger charge is 2.27. The van der Waals surface area contributed by atoms with Crippen molar-refractivity contribution in [1.29, 1.82) is 0 Å². The van der Waals surface area contributed by atoms with E-state index < -0.39 is 0 Å². The van der Waals surface area contributed by atoms with Gasteiger partial charge in [-0.15, -0.1) is 10.2 Å². The van der Waals surface area contributed by atoms with Crippen molar-refractivity contribution in [3.8, 4) is 11.3 Å². The summed E-state index contributed by atoms with van der Waals surface area (Å²) in [6.45, 7) is 5.62. The maximum Gasteiger partial charge on any atom is 0.229 e. The van der Waals surface area contributed by atoms with Gasteiger partial charge in [0.25, 0.3) is 0 Å². The van der Waals surface area contributed by atoms with Gasteiger partial charge >= 0.3 is 0 Å². The number of hydrogen-bond donors (Lipinski definition) is 1. The van der Waals surface area contributed by atoms with Crippen LogP contribution in [0.4, 0.5) is 11.5 Å². The van der Waals surface area contributed by atoms with Gasteiger partial charge in [-0.05, 0) is 74.2 Å². The van der Waals surface area contributed by atoms with Gasteiger partial charge in [0.2, 0.25) is 5.91 Å². The number of carbonyl (C=O) groups excluding carboxylic acids is 1. The van der Waals surface area contributed by atoms with Gasteiger partial charge in [0.1, 0.15) is 0 Å².